The van der Waals surface area contributed by atoms with Crippen LogP contribution in [-0.4, -0.2) is 36.7 Å². The number of ether oxygens (including phenoxy) is 1. The number of benzene rings is 1. The minimum atomic E-state index is -1.06. The van der Waals surface area contributed by atoms with E-state index in [4.69, 9.17) is 44.1 Å². The van der Waals surface area contributed by atoms with Gasteiger partial charge in [-0.15, -0.1) is 0 Å². The molecule has 1 unspecified atom stereocenters. The van der Waals surface area contributed by atoms with Gasteiger partial charge in [-0.3, -0.25) is 4.68 Å². The summed E-state index contributed by atoms with van der Waals surface area (Å²) >= 11 is 19.7. The van der Waals surface area contributed by atoms with Crippen LogP contribution in [0.2, 0.25) is 10.0 Å². The Labute approximate surface area is 252 Å². The number of carboxylic acid groups (broad SMARTS) is 1. The molecular weight excluding hydrogens is 589 g/mol. The monoisotopic (exact) mass is 617 g/mol. The highest BCUT2D eigenvalue weighted by molar-refractivity contribution is 6.39. The number of nitrogens with zero attached hydrogens (tertiary/aromatic N) is 3. The number of halogens is 3. The van der Waals surface area contributed by atoms with E-state index >= 15 is 0 Å². The Morgan fingerprint density at radius 2 is 1.90 bits per heavy atom. The summed E-state index contributed by atoms with van der Waals surface area (Å²) in [6.45, 7) is 4.12. The van der Waals surface area contributed by atoms with Crippen LogP contribution in [0.25, 0.3) is 11.3 Å². The van der Waals surface area contributed by atoms with Gasteiger partial charge in [-0.2, -0.15) is 5.10 Å². The maximum absolute atomic E-state index is 11.5. The molecule has 0 saturated heterocycles. The summed E-state index contributed by atoms with van der Waals surface area (Å²) in [5.74, 6) is 0.361. The topological polar surface area (TPSA) is 111 Å². The standard InChI is InChI=1S/C30H30Cl3N3O5/c1-15(2)36-25(11-24(34-36)29(37)38)17-12-30(39,13-17)20-9-8-18(10-23(20)33)40-14-19-27(35-41-28(19)16-6-7-16)26-21(31)4-3-5-22(26)32/h3-5,8,10-11,15-17,20,39H,6-7,9,12-14H2,1-2H3,(H,37,38)/t17-,20?,30+. The minimum absolute atomic E-state index is 0.00131. The van der Waals surface area contributed by atoms with E-state index < -0.39 is 11.6 Å². The number of carboxylic acids is 1. The van der Waals surface area contributed by atoms with Crippen molar-refractivity contribution in [3.63, 3.8) is 0 Å². The normalized spacial score (nSPS) is 24.2. The number of aromatic nitrogens is 3. The highest BCUT2D eigenvalue weighted by Gasteiger charge is 2.51. The number of aliphatic hydroxyl groups is 1. The molecule has 0 aliphatic heterocycles. The van der Waals surface area contributed by atoms with Gasteiger partial charge in [0.15, 0.2) is 5.69 Å². The van der Waals surface area contributed by atoms with Gasteiger partial charge in [0.25, 0.3) is 0 Å². The van der Waals surface area contributed by atoms with E-state index in [9.17, 15) is 15.0 Å². The number of hydrogen-bond donors (Lipinski definition) is 2. The molecule has 1 aromatic carbocycles. The Morgan fingerprint density at radius 1 is 1.20 bits per heavy atom. The fourth-order valence-electron chi connectivity index (χ4n) is 5.94. The zero-order chi connectivity index (χ0) is 29.1. The molecule has 0 bridgehead atoms. The largest absolute Gasteiger partial charge is 0.489 e. The van der Waals surface area contributed by atoms with Crippen molar-refractivity contribution in [2.24, 2.45) is 5.92 Å². The molecule has 2 N–H and O–H groups in total. The Balaban J connectivity index is 1.15. The van der Waals surface area contributed by atoms with Crippen LogP contribution >= 0.6 is 34.8 Å². The van der Waals surface area contributed by atoms with E-state index in [1.807, 2.05) is 19.9 Å². The molecule has 11 heteroatoms. The average molecular weight is 619 g/mol. The fraction of sp³-hybridized carbons (Fsp3) is 0.433. The quantitative estimate of drug-likeness (QED) is 0.251. The Morgan fingerprint density at radius 3 is 2.51 bits per heavy atom. The van der Waals surface area contributed by atoms with E-state index in [1.165, 1.54) is 0 Å². The molecule has 6 rings (SSSR count). The van der Waals surface area contributed by atoms with E-state index in [-0.39, 0.29) is 30.2 Å². The number of rotatable bonds is 9. The third-order valence-corrected chi connectivity index (χ3v) is 9.26. The van der Waals surface area contributed by atoms with Gasteiger partial charge in [-0.25, -0.2) is 4.79 Å². The second kappa shape index (κ2) is 10.8. The second-order valence-corrected chi connectivity index (χ2v) is 12.7. The van der Waals surface area contributed by atoms with E-state index in [1.54, 1.807) is 35.0 Å². The molecule has 0 amide bonds. The van der Waals surface area contributed by atoms with Crippen LogP contribution in [0.1, 0.15) is 91.3 Å². The lowest BCUT2D eigenvalue weighted by molar-refractivity contribution is -0.0853. The Kier molecular flexibility index (Phi) is 7.47. The molecular formula is C30H30Cl3N3O5. The summed E-state index contributed by atoms with van der Waals surface area (Å²) in [5.41, 5.74) is 1.85. The fourth-order valence-corrected chi connectivity index (χ4v) is 6.92. The Bertz CT molecular complexity index is 1540. The lowest BCUT2D eigenvalue weighted by atomic mass is 9.62. The van der Waals surface area contributed by atoms with Gasteiger partial charge >= 0.3 is 5.97 Å². The average Bonchev–Trinajstić information content (AvgIpc) is 3.50. The molecule has 216 valence electrons. The molecule has 2 aromatic heterocycles. The molecule has 3 aliphatic carbocycles. The summed E-state index contributed by atoms with van der Waals surface area (Å²) in [6.07, 6.45) is 7.21. The van der Waals surface area contributed by atoms with Gasteiger partial charge < -0.3 is 19.5 Å². The van der Waals surface area contributed by atoms with Crippen molar-refractivity contribution in [1.82, 2.24) is 14.9 Å². The molecule has 8 nitrogen and oxygen atoms in total. The zero-order valence-electron chi connectivity index (χ0n) is 22.6. The summed E-state index contributed by atoms with van der Waals surface area (Å²) < 4.78 is 13.7. The maximum Gasteiger partial charge on any atom is 0.356 e. The molecule has 1 atom stereocenters. The van der Waals surface area contributed by atoms with Crippen LogP contribution in [0.15, 0.2) is 51.7 Å². The van der Waals surface area contributed by atoms with Gasteiger partial charge in [0.05, 0.1) is 21.2 Å². The van der Waals surface area contributed by atoms with Gasteiger partial charge in [-0.05, 0) is 76.3 Å². The molecule has 0 spiro atoms. The number of aromatic carboxylic acids is 1. The van der Waals surface area contributed by atoms with E-state index in [2.05, 4.69) is 10.3 Å². The lowest BCUT2D eigenvalue weighted by Gasteiger charge is -2.49. The molecule has 2 heterocycles. The Hall–Kier alpha value is -2.78. The summed E-state index contributed by atoms with van der Waals surface area (Å²) in [7, 11) is 0. The molecule has 2 saturated carbocycles. The van der Waals surface area contributed by atoms with Crippen molar-refractivity contribution >= 4 is 40.8 Å². The number of carbonyl (C=O) groups is 1. The predicted molar refractivity (Wildman–Crippen MR) is 155 cm³/mol. The van der Waals surface area contributed by atoms with Gasteiger partial charge in [0, 0.05) is 40.1 Å². The second-order valence-electron chi connectivity index (χ2n) is 11.5. The molecule has 2 fully saturated rings. The summed E-state index contributed by atoms with van der Waals surface area (Å²) in [6, 6.07) is 6.94. The van der Waals surface area contributed by atoms with Crippen molar-refractivity contribution in [3.05, 3.63) is 80.0 Å². The summed E-state index contributed by atoms with van der Waals surface area (Å²) in [5, 5.41) is 30.9. The molecule has 41 heavy (non-hydrogen) atoms. The first-order chi connectivity index (χ1) is 19.6. The van der Waals surface area contributed by atoms with Crippen LogP contribution in [0.5, 0.6) is 0 Å². The SMILES string of the molecule is CC(C)n1nc(C(=O)O)cc1[C@H]1C[C@](O)(C2CC=C(OCc3c(-c4c(Cl)cccc4Cl)noc3C3CC3)C=C2Cl)C1. The van der Waals surface area contributed by atoms with Crippen LogP contribution in [0.3, 0.4) is 0 Å². The molecule has 3 aromatic rings. The highest BCUT2D eigenvalue weighted by Crippen LogP contribution is 2.53. The van der Waals surface area contributed by atoms with Crippen LogP contribution in [0, 0.1) is 5.92 Å². The van der Waals surface area contributed by atoms with Crippen LogP contribution < -0.4 is 0 Å². The zero-order valence-corrected chi connectivity index (χ0v) is 24.9. The first-order valence-electron chi connectivity index (χ1n) is 13.7. The van der Waals surface area contributed by atoms with Crippen LogP contribution in [0.4, 0.5) is 0 Å². The third kappa shape index (κ3) is 5.31. The molecule has 0 radical (unpaired) electrons. The van der Waals surface area contributed by atoms with E-state index in [0.29, 0.717) is 57.3 Å². The number of hydrogen-bond acceptors (Lipinski definition) is 6. The smallest absolute Gasteiger partial charge is 0.356 e. The minimum Gasteiger partial charge on any atom is -0.489 e. The van der Waals surface area contributed by atoms with Crippen molar-refractivity contribution in [3.8, 4) is 11.3 Å². The van der Waals surface area contributed by atoms with Crippen molar-refractivity contribution in [2.45, 2.75) is 76.0 Å². The first kappa shape index (κ1) is 28.3. The first-order valence-corrected chi connectivity index (χ1v) is 14.9. The van der Waals surface area contributed by atoms with E-state index in [0.717, 1.165) is 29.9 Å². The van der Waals surface area contributed by atoms with Gasteiger partial charge in [0.2, 0.25) is 0 Å². The van der Waals surface area contributed by atoms with Crippen molar-refractivity contribution in [1.29, 1.82) is 0 Å². The predicted octanol–water partition coefficient (Wildman–Crippen LogP) is 7.85. The van der Waals surface area contributed by atoms with Crippen molar-refractivity contribution in [2.75, 3.05) is 0 Å². The lowest BCUT2D eigenvalue weighted by Crippen LogP contribution is -2.49. The maximum atomic E-state index is 11.5. The van der Waals surface area contributed by atoms with Gasteiger partial charge in [0.1, 0.15) is 23.8 Å². The van der Waals surface area contributed by atoms with Gasteiger partial charge in [-0.1, -0.05) is 46.0 Å². The third-order valence-electron chi connectivity index (χ3n) is 8.26. The highest BCUT2D eigenvalue weighted by atomic mass is 35.5. The molecule has 3 aliphatic rings. The summed E-state index contributed by atoms with van der Waals surface area (Å²) in [4.78, 5) is 11.5. The van der Waals surface area contributed by atoms with Crippen molar-refractivity contribution < 1.29 is 24.3 Å². The van der Waals surface area contributed by atoms with Crippen LogP contribution in [-0.2, 0) is 11.3 Å². The number of allylic oxidation sites excluding steroid dienone is 2.